The lowest BCUT2D eigenvalue weighted by Crippen LogP contribution is -2.39. The minimum atomic E-state index is -3.62. The molecule has 2 rings (SSSR count). The maximum Gasteiger partial charge on any atom is 0.244 e. The summed E-state index contributed by atoms with van der Waals surface area (Å²) in [4.78, 5) is 0.108. The van der Waals surface area contributed by atoms with Crippen LogP contribution in [0, 0.1) is 11.8 Å². The maximum atomic E-state index is 12.6. The number of rotatable bonds is 4. The average Bonchev–Trinajstić information content (AvgIpc) is 2.42. The van der Waals surface area contributed by atoms with Crippen molar-refractivity contribution in [2.24, 2.45) is 11.8 Å². The summed E-state index contributed by atoms with van der Waals surface area (Å²) < 4.78 is 33.1. The SMILES string of the molecule is COc1ccc(N)cc1S(=O)(=O)NC1CCC(C)C(C)C1. The normalized spacial score (nSPS) is 26.5. The van der Waals surface area contributed by atoms with Gasteiger partial charge in [-0.05, 0) is 49.3 Å². The van der Waals surface area contributed by atoms with E-state index in [-0.39, 0.29) is 10.9 Å². The van der Waals surface area contributed by atoms with Gasteiger partial charge in [0.2, 0.25) is 10.0 Å². The molecule has 21 heavy (non-hydrogen) atoms. The second-order valence-corrected chi connectivity index (χ2v) is 7.68. The molecule has 0 bridgehead atoms. The maximum absolute atomic E-state index is 12.6. The number of methoxy groups -OCH3 is 1. The Balaban J connectivity index is 2.21. The molecule has 0 amide bonds. The minimum Gasteiger partial charge on any atom is -0.495 e. The van der Waals surface area contributed by atoms with Crippen molar-refractivity contribution in [1.29, 1.82) is 0 Å². The van der Waals surface area contributed by atoms with Gasteiger partial charge in [0.15, 0.2) is 0 Å². The summed E-state index contributed by atoms with van der Waals surface area (Å²) in [6, 6.07) is 4.63. The van der Waals surface area contributed by atoms with Crippen molar-refractivity contribution in [3.8, 4) is 5.75 Å². The van der Waals surface area contributed by atoms with Crippen LogP contribution in [-0.2, 0) is 10.0 Å². The van der Waals surface area contributed by atoms with Gasteiger partial charge in [-0.15, -0.1) is 0 Å². The summed E-state index contributed by atoms with van der Waals surface area (Å²) in [6.45, 7) is 4.39. The molecule has 0 aliphatic heterocycles. The van der Waals surface area contributed by atoms with Crippen molar-refractivity contribution in [1.82, 2.24) is 4.72 Å². The molecule has 3 N–H and O–H groups in total. The van der Waals surface area contributed by atoms with Crippen LogP contribution in [0.1, 0.15) is 33.1 Å². The molecule has 0 spiro atoms. The third-order valence-corrected chi connectivity index (χ3v) is 5.94. The van der Waals surface area contributed by atoms with Gasteiger partial charge in [0.1, 0.15) is 10.6 Å². The van der Waals surface area contributed by atoms with Crippen LogP contribution < -0.4 is 15.2 Å². The van der Waals surface area contributed by atoms with Gasteiger partial charge in [-0.3, -0.25) is 0 Å². The fraction of sp³-hybridized carbons (Fsp3) is 0.600. The zero-order valence-electron chi connectivity index (χ0n) is 12.8. The Morgan fingerprint density at radius 3 is 2.57 bits per heavy atom. The Morgan fingerprint density at radius 1 is 1.24 bits per heavy atom. The van der Waals surface area contributed by atoms with E-state index in [0.717, 1.165) is 19.3 Å². The van der Waals surface area contributed by atoms with Gasteiger partial charge in [-0.2, -0.15) is 0 Å². The second kappa shape index (κ2) is 6.23. The molecular formula is C15H24N2O3S. The first-order chi connectivity index (χ1) is 9.83. The summed E-state index contributed by atoms with van der Waals surface area (Å²) in [5.41, 5.74) is 6.11. The highest BCUT2D eigenvalue weighted by Crippen LogP contribution is 2.31. The molecule has 0 aromatic heterocycles. The van der Waals surface area contributed by atoms with Crippen molar-refractivity contribution in [3.63, 3.8) is 0 Å². The van der Waals surface area contributed by atoms with Crippen LogP contribution in [-0.4, -0.2) is 21.6 Å². The fourth-order valence-corrected chi connectivity index (χ4v) is 4.33. The van der Waals surface area contributed by atoms with Gasteiger partial charge in [0, 0.05) is 11.7 Å². The van der Waals surface area contributed by atoms with Gasteiger partial charge in [-0.1, -0.05) is 13.8 Å². The molecule has 118 valence electrons. The lowest BCUT2D eigenvalue weighted by molar-refractivity contribution is 0.241. The molecule has 6 heteroatoms. The monoisotopic (exact) mass is 312 g/mol. The standard InChI is InChI=1S/C15H24N2O3S/c1-10-4-6-13(8-11(10)2)17-21(18,19)15-9-12(16)5-7-14(15)20-3/h5,7,9-11,13,17H,4,6,8,16H2,1-3H3. The summed E-state index contributed by atoms with van der Waals surface area (Å²) >= 11 is 0. The number of benzene rings is 1. The van der Waals surface area contributed by atoms with E-state index in [9.17, 15) is 8.42 Å². The van der Waals surface area contributed by atoms with Gasteiger partial charge < -0.3 is 10.5 Å². The highest BCUT2D eigenvalue weighted by atomic mass is 32.2. The average molecular weight is 312 g/mol. The zero-order chi connectivity index (χ0) is 15.6. The summed E-state index contributed by atoms with van der Waals surface area (Å²) in [5.74, 6) is 1.48. The molecule has 1 saturated carbocycles. The molecule has 1 aliphatic carbocycles. The molecule has 1 aromatic carbocycles. The van der Waals surface area contributed by atoms with Gasteiger partial charge in [0.25, 0.3) is 0 Å². The minimum absolute atomic E-state index is 0.0210. The third kappa shape index (κ3) is 3.68. The van der Waals surface area contributed by atoms with E-state index in [2.05, 4.69) is 18.6 Å². The Kier molecular flexibility index (Phi) is 4.78. The van der Waals surface area contributed by atoms with Crippen molar-refractivity contribution in [2.45, 2.75) is 44.0 Å². The lowest BCUT2D eigenvalue weighted by atomic mass is 9.79. The lowest BCUT2D eigenvalue weighted by Gasteiger charge is -2.32. The molecule has 0 heterocycles. The quantitative estimate of drug-likeness (QED) is 0.836. The van der Waals surface area contributed by atoms with Crippen LogP contribution in [0.2, 0.25) is 0 Å². The van der Waals surface area contributed by atoms with Crippen LogP contribution >= 0.6 is 0 Å². The number of sulfonamides is 1. The van der Waals surface area contributed by atoms with Crippen molar-refractivity contribution < 1.29 is 13.2 Å². The van der Waals surface area contributed by atoms with Crippen LogP contribution in [0.15, 0.2) is 23.1 Å². The van der Waals surface area contributed by atoms with Crippen LogP contribution in [0.25, 0.3) is 0 Å². The van der Waals surface area contributed by atoms with Crippen molar-refractivity contribution in [3.05, 3.63) is 18.2 Å². The van der Waals surface area contributed by atoms with Crippen LogP contribution in [0.4, 0.5) is 5.69 Å². The number of anilines is 1. The van der Waals surface area contributed by atoms with E-state index in [4.69, 9.17) is 10.5 Å². The van der Waals surface area contributed by atoms with Gasteiger partial charge in [0.05, 0.1) is 7.11 Å². The molecule has 0 radical (unpaired) electrons. The number of ether oxygens (including phenoxy) is 1. The first-order valence-corrected chi connectivity index (χ1v) is 8.77. The summed E-state index contributed by atoms with van der Waals surface area (Å²) in [7, 11) is -2.17. The first-order valence-electron chi connectivity index (χ1n) is 7.29. The topological polar surface area (TPSA) is 81.4 Å². The first kappa shape index (κ1) is 16.1. The van der Waals surface area contributed by atoms with Crippen molar-refractivity contribution >= 4 is 15.7 Å². The molecular weight excluding hydrogens is 288 g/mol. The molecule has 0 saturated heterocycles. The van der Waals surface area contributed by atoms with Crippen LogP contribution in [0.3, 0.4) is 0 Å². The molecule has 1 aliphatic rings. The van der Waals surface area contributed by atoms with Gasteiger partial charge >= 0.3 is 0 Å². The number of nitrogens with one attached hydrogen (secondary N) is 1. The Bertz CT molecular complexity index is 601. The number of hydrogen-bond acceptors (Lipinski definition) is 4. The third-order valence-electron chi connectivity index (χ3n) is 4.40. The van der Waals surface area contributed by atoms with Crippen LogP contribution in [0.5, 0.6) is 5.75 Å². The Labute approximate surface area is 126 Å². The summed E-state index contributed by atoms with van der Waals surface area (Å²) in [6.07, 6.45) is 2.78. The number of nitrogen functional groups attached to an aromatic ring is 1. The smallest absolute Gasteiger partial charge is 0.244 e. The van der Waals surface area contributed by atoms with E-state index in [1.54, 1.807) is 12.1 Å². The highest BCUT2D eigenvalue weighted by molar-refractivity contribution is 7.89. The Hall–Kier alpha value is -1.27. The molecule has 3 unspecified atom stereocenters. The van der Waals surface area contributed by atoms with E-state index < -0.39 is 10.0 Å². The predicted octanol–water partition coefficient (Wildman–Crippen LogP) is 2.38. The largest absolute Gasteiger partial charge is 0.495 e. The fourth-order valence-electron chi connectivity index (χ4n) is 2.84. The molecule has 1 fully saturated rings. The molecule has 1 aromatic rings. The number of hydrogen-bond donors (Lipinski definition) is 2. The molecule has 5 nitrogen and oxygen atoms in total. The zero-order valence-corrected chi connectivity index (χ0v) is 13.6. The van der Waals surface area contributed by atoms with E-state index in [1.165, 1.54) is 13.2 Å². The van der Waals surface area contributed by atoms with Gasteiger partial charge in [-0.25, -0.2) is 13.1 Å². The number of nitrogens with two attached hydrogens (primary N) is 1. The summed E-state index contributed by atoms with van der Waals surface area (Å²) in [5, 5.41) is 0. The Morgan fingerprint density at radius 2 is 1.95 bits per heavy atom. The predicted molar refractivity (Wildman–Crippen MR) is 83.7 cm³/mol. The second-order valence-electron chi connectivity index (χ2n) is 6.00. The van der Waals surface area contributed by atoms with E-state index in [1.807, 2.05) is 0 Å². The van der Waals surface area contributed by atoms with E-state index in [0.29, 0.717) is 23.3 Å². The van der Waals surface area contributed by atoms with Crippen molar-refractivity contribution in [2.75, 3.05) is 12.8 Å². The van der Waals surface area contributed by atoms with E-state index >= 15 is 0 Å². The molecule has 3 atom stereocenters. The highest BCUT2D eigenvalue weighted by Gasteiger charge is 2.29.